The predicted molar refractivity (Wildman–Crippen MR) is 298 cm³/mol. The van der Waals surface area contributed by atoms with E-state index < -0.39 is 0 Å². The average molecular weight is 920 g/mol. The van der Waals surface area contributed by atoms with Crippen molar-refractivity contribution in [3.05, 3.63) is 174 Å². The number of anilines is 3. The van der Waals surface area contributed by atoms with Gasteiger partial charge in [-0.05, 0) is 141 Å². The van der Waals surface area contributed by atoms with Gasteiger partial charge in [-0.3, -0.25) is 0 Å². The first-order valence-electron chi connectivity index (χ1n) is 24.6. The zero-order valence-corrected chi connectivity index (χ0v) is 42.9. The third kappa shape index (κ3) is 6.98. The summed E-state index contributed by atoms with van der Waals surface area (Å²) in [5, 5.41) is 7.62. The van der Waals surface area contributed by atoms with Gasteiger partial charge in [0.2, 0.25) is 0 Å². The first-order valence-corrected chi connectivity index (χ1v) is 25.4. The average Bonchev–Trinajstić information content (AvgIpc) is 3.95. The van der Waals surface area contributed by atoms with Gasteiger partial charge in [0.1, 0.15) is 0 Å². The quantitative estimate of drug-likeness (QED) is 0.176. The summed E-state index contributed by atoms with van der Waals surface area (Å²) in [6, 6.07) is 57.5. The van der Waals surface area contributed by atoms with Crippen LogP contribution in [0.15, 0.2) is 152 Å². The molecular weight excluding hydrogens is 859 g/mol. The van der Waals surface area contributed by atoms with Crippen LogP contribution in [0.3, 0.4) is 0 Å². The van der Waals surface area contributed by atoms with Crippen molar-refractivity contribution in [2.75, 3.05) is 4.90 Å². The summed E-state index contributed by atoms with van der Waals surface area (Å²) < 4.78 is 14.7. The number of rotatable bonds is 3. The first kappa shape index (κ1) is 43.5. The van der Waals surface area contributed by atoms with Crippen molar-refractivity contribution < 1.29 is 4.74 Å². The van der Waals surface area contributed by atoms with Crippen LogP contribution >= 0.6 is 11.3 Å². The van der Waals surface area contributed by atoms with Crippen molar-refractivity contribution in [2.45, 2.75) is 105 Å². The number of fused-ring (bicyclic) bond motifs is 11. The topological polar surface area (TPSA) is 22.3 Å². The van der Waals surface area contributed by atoms with Crippen molar-refractivity contribution in [1.82, 2.24) is 9.13 Å². The number of benzene rings is 8. The van der Waals surface area contributed by atoms with Crippen LogP contribution in [0.1, 0.15) is 105 Å². The van der Waals surface area contributed by atoms with E-state index in [1.54, 1.807) is 0 Å². The normalized spacial score (nSPS) is 13.6. The second-order valence-electron chi connectivity index (χ2n) is 23.6. The van der Waals surface area contributed by atoms with Gasteiger partial charge in [-0.15, -0.1) is 11.3 Å². The van der Waals surface area contributed by atoms with E-state index in [1.165, 1.54) is 86.0 Å². The van der Waals surface area contributed by atoms with Crippen molar-refractivity contribution >= 4 is 92.2 Å². The molecule has 0 radical (unpaired) electrons. The minimum Gasteiger partial charge on any atom is -0.453 e. The maximum atomic E-state index is 7.29. The molecule has 1 aliphatic rings. The molecule has 8 aromatic carbocycles. The summed E-state index contributed by atoms with van der Waals surface area (Å²) in [6.07, 6.45) is 0. The van der Waals surface area contributed by atoms with Gasteiger partial charge in [-0.2, -0.15) is 0 Å². The minimum absolute atomic E-state index is 0.0158. The number of aromatic nitrogens is 2. The van der Waals surface area contributed by atoms with Crippen LogP contribution in [-0.4, -0.2) is 9.13 Å². The Hall–Kier alpha value is -6.82. The fourth-order valence-electron chi connectivity index (χ4n) is 10.7. The largest absolute Gasteiger partial charge is 0.453 e. The molecule has 0 N–H and O–H groups in total. The second-order valence-corrected chi connectivity index (χ2v) is 24.7. The van der Waals surface area contributed by atoms with E-state index in [2.05, 4.69) is 249 Å². The Kier molecular flexibility index (Phi) is 9.35. The Labute approximate surface area is 410 Å². The van der Waals surface area contributed by atoms with Crippen molar-refractivity contribution in [2.24, 2.45) is 0 Å². The Balaban J connectivity index is 1.08. The Morgan fingerprint density at radius 3 is 1.12 bits per heavy atom. The van der Waals surface area contributed by atoms with Gasteiger partial charge in [-0.1, -0.05) is 126 Å². The number of hydrogen-bond donors (Lipinski definition) is 0. The fraction of sp³-hybridized carbons (Fsp3) is 0.250. The van der Waals surface area contributed by atoms with E-state index in [0.29, 0.717) is 0 Å². The highest BCUT2D eigenvalue weighted by Crippen LogP contribution is 2.53. The van der Waals surface area contributed by atoms with E-state index in [1.807, 2.05) is 11.3 Å². The number of ether oxygens (including phenoxy) is 1. The highest BCUT2D eigenvalue weighted by Gasteiger charge is 2.30. The molecule has 11 aromatic rings. The molecular formula is C64H61N3OS. The zero-order valence-electron chi connectivity index (χ0n) is 42.1. The molecule has 344 valence electrons. The van der Waals surface area contributed by atoms with Crippen molar-refractivity contribution in [3.63, 3.8) is 0 Å². The lowest BCUT2D eigenvalue weighted by atomic mass is 9.85. The standard InChI is InChI=1S/C64H61N3OS/c1-61(2,3)38-17-24-51-46(31-38)47-32-39(62(4,5)6)18-25-52(47)65(51)43-21-28-55-57(36-43)68-58-37-44(22-29-56(58)67(55)42-23-30-60-50(35-42)45-15-13-14-16-59(45)69-60)66-53-26-19-40(63(7,8)9)33-48(53)49-34-41(64(10,11)12)20-27-54(49)66/h13-37H,1-12H3. The van der Waals surface area contributed by atoms with Gasteiger partial charge in [0.25, 0.3) is 0 Å². The molecule has 0 saturated heterocycles. The highest BCUT2D eigenvalue weighted by atomic mass is 32.1. The number of hydrogen-bond acceptors (Lipinski definition) is 3. The molecule has 69 heavy (non-hydrogen) atoms. The zero-order chi connectivity index (χ0) is 48.1. The number of thiophene rings is 1. The van der Waals surface area contributed by atoms with E-state index in [9.17, 15) is 0 Å². The van der Waals surface area contributed by atoms with Crippen molar-refractivity contribution in [1.29, 1.82) is 0 Å². The van der Waals surface area contributed by atoms with Crippen LogP contribution in [0, 0.1) is 0 Å². The van der Waals surface area contributed by atoms with E-state index in [0.717, 1.165) is 39.9 Å². The molecule has 0 amide bonds. The summed E-state index contributed by atoms with van der Waals surface area (Å²) in [6.45, 7) is 27.6. The Morgan fingerprint density at radius 1 is 0.333 bits per heavy atom. The summed E-state index contributed by atoms with van der Waals surface area (Å²) >= 11 is 1.85. The summed E-state index contributed by atoms with van der Waals surface area (Å²) in [4.78, 5) is 2.40. The van der Waals surface area contributed by atoms with Gasteiger partial charge in [0, 0.05) is 59.5 Å². The lowest BCUT2D eigenvalue weighted by Gasteiger charge is -2.33. The van der Waals surface area contributed by atoms with Crippen LogP contribution in [-0.2, 0) is 21.7 Å². The third-order valence-electron chi connectivity index (χ3n) is 14.7. The summed E-state index contributed by atoms with van der Waals surface area (Å²) in [5.41, 5.74) is 15.3. The van der Waals surface area contributed by atoms with E-state index >= 15 is 0 Å². The molecule has 0 spiro atoms. The highest BCUT2D eigenvalue weighted by molar-refractivity contribution is 7.25. The van der Waals surface area contributed by atoms with Gasteiger partial charge in [0.15, 0.2) is 11.5 Å². The molecule has 1 aliphatic heterocycles. The summed E-state index contributed by atoms with van der Waals surface area (Å²) in [5.74, 6) is 1.62. The molecule has 0 fully saturated rings. The van der Waals surface area contributed by atoms with Crippen LogP contribution in [0.5, 0.6) is 11.5 Å². The van der Waals surface area contributed by atoms with Crippen LogP contribution in [0.25, 0.3) is 75.2 Å². The van der Waals surface area contributed by atoms with E-state index in [4.69, 9.17) is 4.74 Å². The van der Waals surface area contributed by atoms with Gasteiger partial charge >= 0.3 is 0 Å². The molecule has 0 unspecified atom stereocenters. The molecule has 0 saturated carbocycles. The second kappa shape index (κ2) is 14.8. The van der Waals surface area contributed by atoms with Crippen molar-refractivity contribution in [3.8, 4) is 22.9 Å². The van der Waals surface area contributed by atoms with Gasteiger partial charge in [-0.25, -0.2) is 0 Å². The van der Waals surface area contributed by atoms with Gasteiger partial charge < -0.3 is 18.8 Å². The maximum Gasteiger partial charge on any atom is 0.153 e. The Bertz CT molecular complexity index is 3580. The molecule has 0 bridgehead atoms. The smallest absolute Gasteiger partial charge is 0.153 e. The van der Waals surface area contributed by atoms with Crippen LogP contribution in [0.2, 0.25) is 0 Å². The number of nitrogens with zero attached hydrogens (tertiary/aromatic N) is 3. The molecule has 4 nitrogen and oxygen atoms in total. The SMILES string of the molecule is CC(C)(C)c1ccc2c(c1)c1cc(C(C)(C)C)ccc1n2-c1ccc2c(c1)Oc1cc(-n3c4ccc(C(C)(C)C)cc4c4cc(C(C)(C)C)ccc43)ccc1N2c1ccc2sc3ccccc3c2c1. The molecule has 0 atom stereocenters. The lowest BCUT2D eigenvalue weighted by molar-refractivity contribution is 0.476. The molecule has 5 heteroatoms. The Morgan fingerprint density at radius 2 is 0.710 bits per heavy atom. The fourth-order valence-corrected chi connectivity index (χ4v) is 11.8. The maximum absolute atomic E-state index is 7.29. The lowest BCUT2D eigenvalue weighted by Crippen LogP contribution is -2.16. The van der Waals surface area contributed by atoms with Crippen LogP contribution in [0.4, 0.5) is 17.1 Å². The predicted octanol–water partition coefficient (Wildman–Crippen LogP) is 19.0. The monoisotopic (exact) mass is 919 g/mol. The van der Waals surface area contributed by atoms with Crippen LogP contribution < -0.4 is 9.64 Å². The first-order chi connectivity index (χ1) is 32.7. The molecule has 3 aromatic heterocycles. The molecule has 4 heterocycles. The molecule has 12 rings (SSSR count). The summed E-state index contributed by atoms with van der Waals surface area (Å²) in [7, 11) is 0. The van der Waals surface area contributed by atoms with Gasteiger partial charge in [0.05, 0.1) is 44.8 Å². The third-order valence-corrected chi connectivity index (χ3v) is 15.9. The molecule has 0 aliphatic carbocycles. The van der Waals surface area contributed by atoms with E-state index in [-0.39, 0.29) is 21.7 Å². The minimum atomic E-state index is 0.0158.